The molecule has 0 saturated heterocycles. The van der Waals surface area contributed by atoms with Gasteiger partial charge in [-0.15, -0.1) is 0 Å². The fourth-order valence-corrected chi connectivity index (χ4v) is 3.08. The molecule has 0 aliphatic carbocycles. The van der Waals surface area contributed by atoms with E-state index in [-0.39, 0.29) is 11.1 Å². The summed E-state index contributed by atoms with van der Waals surface area (Å²) in [6, 6.07) is 8.11. The highest BCUT2D eigenvalue weighted by Gasteiger charge is 2.71. The van der Waals surface area contributed by atoms with E-state index in [4.69, 9.17) is 0 Å². The third kappa shape index (κ3) is 4.95. The van der Waals surface area contributed by atoms with Crippen LogP contribution in [0.3, 0.4) is 0 Å². The number of esters is 1. The fourth-order valence-electron chi connectivity index (χ4n) is 3.08. The zero-order chi connectivity index (χ0) is 24.5. The van der Waals surface area contributed by atoms with E-state index in [1.54, 1.807) is 19.1 Å². The van der Waals surface area contributed by atoms with E-state index in [0.29, 0.717) is 12.1 Å². The first-order valence-electron chi connectivity index (χ1n) is 9.31. The summed E-state index contributed by atoms with van der Waals surface area (Å²) in [4.78, 5) is 24.2. The van der Waals surface area contributed by atoms with Crippen LogP contribution in [-0.2, 0) is 15.1 Å². The summed E-state index contributed by atoms with van der Waals surface area (Å²) < 4.78 is 85.2. The molecule has 32 heavy (non-hydrogen) atoms. The highest BCUT2D eigenvalue weighted by Crippen LogP contribution is 2.50. The lowest BCUT2D eigenvalue weighted by Gasteiger charge is -2.33. The lowest BCUT2D eigenvalue weighted by Crippen LogP contribution is -2.54. The minimum atomic E-state index is -6.11. The van der Waals surface area contributed by atoms with Gasteiger partial charge in [0, 0.05) is 17.5 Å². The summed E-state index contributed by atoms with van der Waals surface area (Å²) in [5.74, 6) is -2.64. The second-order valence-electron chi connectivity index (χ2n) is 7.42. The van der Waals surface area contributed by atoms with Gasteiger partial charge in [-0.25, -0.2) is 0 Å². The van der Waals surface area contributed by atoms with Gasteiger partial charge < -0.3 is 9.84 Å². The molecule has 0 heterocycles. The summed E-state index contributed by atoms with van der Waals surface area (Å²) in [6.45, 7) is 3.06. The van der Waals surface area contributed by atoms with Gasteiger partial charge in [0.05, 0.1) is 13.0 Å². The number of methoxy groups -OCH3 is 1. The maximum Gasteiger partial charge on any atom is 0.430 e. The monoisotopic (exact) mass is 462 g/mol. The van der Waals surface area contributed by atoms with Crippen LogP contribution in [0.5, 0.6) is 0 Å². The van der Waals surface area contributed by atoms with E-state index in [0.717, 1.165) is 18.7 Å². The van der Waals surface area contributed by atoms with Crippen LogP contribution in [0, 0.1) is 12.8 Å². The van der Waals surface area contributed by atoms with E-state index in [1.807, 2.05) is 0 Å². The van der Waals surface area contributed by atoms with Crippen molar-refractivity contribution in [1.82, 2.24) is 0 Å². The first-order chi connectivity index (χ1) is 14.6. The van der Waals surface area contributed by atoms with Gasteiger partial charge >= 0.3 is 18.3 Å². The van der Waals surface area contributed by atoms with Gasteiger partial charge in [0.1, 0.15) is 0 Å². The van der Waals surface area contributed by atoms with Crippen molar-refractivity contribution < 1.29 is 45.8 Å². The molecule has 0 amide bonds. The minimum Gasteiger partial charge on any atom is -0.469 e. The van der Waals surface area contributed by atoms with Crippen LogP contribution in [0.2, 0.25) is 0 Å². The molecule has 0 bridgehead atoms. The van der Waals surface area contributed by atoms with Crippen LogP contribution >= 0.6 is 0 Å². The Labute approximate surface area is 179 Å². The van der Waals surface area contributed by atoms with Gasteiger partial charge in [-0.1, -0.05) is 36.8 Å². The minimum absolute atomic E-state index is 0.136. The average molecular weight is 462 g/mol. The molecule has 174 valence electrons. The standard InChI is InChI=1S/C22H20F6O4/c1-12-4-6-14(7-5-12)15-9-16(18(29)8-13(2)19(30)32-3)11-17(10-15)20(31,21(23,24)25)22(26,27)28/h4-7,9-11,13,31H,8H2,1-3H3/t13-/m0/s1. The molecule has 0 fully saturated rings. The van der Waals surface area contributed by atoms with E-state index >= 15 is 0 Å². The molecule has 10 heteroatoms. The molecule has 1 N–H and O–H groups in total. The smallest absolute Gasteiger partial charge is 0.430 e. The Morgan fingerprint density at radius 1 is 0.938 bits per heavy atom. The molecule has 0 unspecified atom stereocenters. The third-order valence-electron chi connectivity index (χ3n) is 4.97. The first kappa shape index (κ1) is 25.4. The number of aliphatic hydroxyl groups is 1. The quantitative estimate of drug-likeness (QED) is 0.357. The second kappa shape index (κ2) is 8.93. The van der Waals surface area contributed by atoms with Crippen molar-refractivity contribution in [3.8, 4) is 11.1 Å². The number of halogens is 6. The number of ketones is 1. The predicted octanol–water partition coefficient (Wildman–Crippen LogP) is 5.36. The van der Waals surface area contributed by atoms with Crippen LogP contribution in [0.4, 0.5) is 26.3 Å². The summed E-state index contributed by atoms with van der Waals surface area (Å²) in [5.41, 5.74) is -6.38. The Balaban J connectivity index is 2.72. The SMILES string of the molecule is COC(=O)[C@@H](C)CC(=O)c1cc(-c2ccc(C)cc2)cc(C(O)(C(F)(F)F)C(F)(F)F)c1. The summed E-state index contributed by atoms with van der Waals surface area (Å²) >= 11 is 0. The number of aryl methyl sites for hydroxylation is 1. The molecule has 0 radical (unpaired) electrons. The van der Waals surface area contributed by atoms with Crippen molar-refractivity contribution in [2.45, 2.75) is 38.2 Å². The molecule has 2 aromatic rings. The Bertz CT molecular complexity index is 979. The molecule has 0 aromatic heterocycles. The second-order valence-corrected chi connectivity index (χ2v) is 7.42. The lowest BCUT2D eigenvalue weighted by atomic mass is 9.86. The number of hydrogen-bond acceptors (Lipinski definition) is 4. The highest BCUT2D eigenvalue weighted by atomic mass is 19.4. The number of benzene rings is 2. The number of rotatable bonds is 6. The summed E-state index contributed by atoms with van der Waals surface area (Å²) in [7, 11) is 1.08. The molecule has 0 spiro atoms. The lowest BCUT2D eigenvalue weighted by molar-refractivity contribution is -0.376. The van der Waals surface area contributed by atoms with Gasteiger partial charge in [0.2, 0.25) is 0 Å². The van der Waals surface area contributed by atoms with E-state index in [2.05, 4.69) is 4.74 Å². The molecule has 0 aliphatic rings. The maximum absolute atomic E-state index is 13.5. The molecular formula is C22H20F6O4. The van der Waals surface area contributed by atoms with E-state index in [9.17, 15) is 41.0 Å². The van der Waals surface area contributed by atoms with Crippen molar-refractivity contribution in [3.63, 3.8) is 0 Å². The number of ether oxygens (including phenoxy) is 1. The molecule has 0 saturated carbocycles. The maximum atomic E-state index is 13.5. The summed E-state index contributed by atoms with van der Waals surface area (Å²) in [6.07, 6.45) is -12.7. The zero-order valence-corrected chi connectivity index (χ0v) is 17.3. The fraction of sp³-hybridized carbons (Fsp3) is 0.364. The molecular weight excluding hydrogens is 442 g/mol. The summed E-state index contributed by atoms with van der Waals surface area (Å²) in [5, 5.41) is 9.85. The Kier molecular flexibility index (Phi) is 7.08. The topological polar surface area (TPSA) is 63.6 Å². The van der Waals surface area contributed by atoms with Gasteiger partial charge in [-0.3, -0.25) is 9.59 Å². The predicted molar refractivity (Wildman–Crippen MR) is 103 cm³/mol. The Morgan fingerprint density at radius 2 is 1.47 bits per heavy atom. The van der Waals surface area contributed by atoms with Crippen LogP contribution in [0.15, 0.2) is 42.5 Å². The molecule has 2 rings (SSSR count). The largest absolute Gasteiger partial charge is 0.469 e. The van der Waals surface area contributed by atoms with Crippen molar-refractivity contribution in [3.05, 3.63) is 59.2 Å². The van der Waals surface area contributed by atoms with Gasteiger partial charge in [-0.2, -0.15) is 26.3 Å². The van der Waals surface area contributed by atoms with E-state index < -0.39 is 53.2 Å². The highest BCUT2D eigenvalue weighted by molar-refractivity contribution is 5.99. The molecule has 0 aliphatic heterocycles. The van der Waals surface area contributed by atoms with Crippen molar-refractivity contribution in [1.29, 1.82) is 0 Å². The van der Waals surface area contributed by atoms with Crippen LogP contribution in [-0.4, -0.2) is 36.3 Å². The van der Waals surface area contributed by atoms with Gasteiger partial charge in [-0.05, 0) is 36.2 Å². The number of carbonyl (C=O) groups excluding carboxylic acids is 2. The zero-order valence-electron chi connectivity index (χ0n) is 17.3. The molecule has 4 nitrogen and oxygen atoms in total. The van der Waals surface area contributed by atoms with Crippen LogP contribution in [0.25, 0.3) is 11.1 Å². The number of hydrogen-bond donors (Lipinski definition) is 1. The number of Topliss-reactive ketones (excluding diaryl/α,β-unsaturated/α-hetero) is 1. The Hall–Kier alpha value is -2.88. The van der Waals surface area contributed by atoms with Crippen LogP contribution < -0.4 is 0 Å². The van der Waals surface area contributed by atoms with Crippen molar-refractivity contribution in [2.75, 3.05) is 7.11 Å². The van der Waals surface area contributed by atoms with E-state index in [1.165, 1.54) is 19.1 Å². The van der Waals surface area contributed by atoms with Crippen LogP contribution in [0.1, 0.15) is 34.8 Å². The number of alkyl halides is 6. The normalized spacial score (nSPS) is 13.6. The van der Waals surface area contributed by atoms with Crippen molar-refractivity contribution >= 4 is 11.8 Å². The van der Waals surface area contributed by atoms with Gasteiger partial charge in [0.15, 0.2) is 5.78 Å². The van der Waals surface area contributed by atoms with Gasteiger partial charge in [0.25, 0.3) is 5.60 Å². The third-order valence-corrected chi connectivity index (χ3v) is 4.97. The average Bonchev–Trinajstić information content (AvgIpc) is 2.70. The number of carbonyl (C=O) groups is 2. The molecule has 2 aromatic carbocycles. The molecule has 1 atom stereocenters. The first-order valence-corrected chi connectivity index (χ1v) is 9.31. The Morgan fingerprint density at radius 3 is 1.94 bits per heavy atom. The van der Waals surface area contributed by atoms with Crippen molar-refractivity contribution in [2.24, 2.45) is 5.92 Å².